The number of aromatic nitrogens is 3. The van der Waals surface area contributed by atoms with Crippen LogP contribution in [0.3, 0.4) is 0 Å². The third kappa shape index (κ3) is 2.61. The first-order valence-electron chi connectivity index (χ1n) is 6.06. The number of nitrogens with one attached hydrogen (secondary N) is 2. The quantitative estimate of drug-likeness (QED) is 0.804. The number of ether oxygens (including phenoxy) is 2. The molecule has 0 unspecified atom stereocenters. The van der Waals surface area contributed by atoms with Gasteiger partial charge in [0.25, 0.3) is 0 Å². The molecule has 0 saturated carbocycles. The average molecular weight is 271 g/mol. The molecule has 0 aliphatic carbocycles. The minimum absolute atomic E-state index is 0.253. The molecule has 0 fully saturated rings. The molecule has 0 saturated heterocycles. The van der Waals surface area contributed by atoms with E-state index in [9.17, 15) is 0 Å². The molecule has 0 bridgehead atoms. The van der Waals surface area contributed by atoms with Crippen LogP contribution in [0.15, 0.2) is 37.1 Å². The molecule has 0 radical (unpaired) electrons. The molecule has 0 spiro atoms. The van der Waals surface area contributed by atoms with Gasteiger partial charge in [-0.3, -0.25) is 0 Å². The van der Waals surface area contributed by atoms with E-state index >= 15 is 0 Å². The normalized spacial score (nSPS) is 12.0. The monoisotopic (exact) mass is 271 g/mol. The van der Waals surface area contributed by atoms with Crippen LogP contribution in [0, 0.1) is 0 Å². The Morgan fingerprint density at radius 2 is 2.20 bits per heavy atom. The van der Waals surface area contributed by atoms with Gasteiger partial charge in [0.15, 0.2) is 17.3 Å². The lowest BCUT2D eigenvalue weighted by Crippen LogP contribution is -2.05. The Hall–Kier alpha value is -2.83. The van der Waals surface area contributed by atoms with Crippen molar-refractivity contribution in [2.75, 3.05) is 24.0 Å². The van der Waals surface area contributed by atoms with E-state index in [1.807, 2.05) is 18.2 Å². The van der Waals surface area contributed by atoms with Gasteiger partial charge in [0.2, 0.25) is 12.7 Å². The summed E-state index contributed by atoms with van der Waals surface area (Å²) in [5, 5.41) is 13.9. The zero-order chi connectivity index (χ0) is 13.8. The SMILES string of the molecule is C=CCNc1nncc(Nc2ccc3c(c2)OCO3)n1. The molecule has 3 rings (SSSR count). The van der Waals surface area contributed by atoms with Crippen LogP contribution in [0.25, 0.3) is 0 Å². The third-order valence-electron chi connectivity index (χ3n) is 2.61. The number of nitrogens with zero attached hydrogens (tertiary/aromatic N) is 3. The van der Waals surface area contributed by atoms with Crippen molar-refractivity contribution in [3.05, 3.63) is 37.1 Å². The lowest BCUT2D eigenvalue weighted by molar-refractivity contribution is 0.174. The molecule has 1 aromatic heterocycles. The Balaban J connectivity index is 1.75. The zero-order valence-electron chi connectivity index (χ0n) is 10.7. The van der Waals surface area contributed by atoms with Crippen LogP contribution in [-0.4, -0.2) is 28.5 Å². The lowest BCUT2D eigenvalue weighted by Gasteiger charge is -2.07. The molecular formula is C13H13N5O2. The molecule has 20 heavy (non-hydrogen) atoms. The number of benzene rings is 1. The first kappa shape index (κ1) is 12.2. The van der Waals surface area contributed by atoms with E-state index in [4.69, 9.17) is 9.47 Å². The largest absolute Gasteiger partial charge is 0.454 e. The van der Waals surface area contributed by atoms with Crippen molar-refractivity contribution in [2.24, 2.45) is 0 Å². The maximum Gasteiger partial charge on any atom is 0.244 e. The highest BCUT2D eigenvalue weighted by atomic mass is 16.7. The lowest BCUT2D eigenvalue weighted by atomic mass is 10.3. The second-order valence-corrected chi connectivity index (χ2v) is 4.03. The van der Waals surface area contributed by atoms with Crippen LogP contribution in [-0.2, 0) is 0 Å². The fourth-order valence-corrected chi connectivity index (χ4v) is 1.72. The van der Waals surface area contributed by atoms with E-state index in [1.54, 1.807) is 12.3 Å². The first-order chi connectivity index (χ1) is 9.85. The minimum atomic E-state index is 0.253. The number of rotatable bonds is 5. The van der Waals surface area contributed by atoms with Crippen LogP contribution < -0.4 is 20.1 Å². The van der Waals surface area contributed by atoms with Crippen LogP contribution in [0.2, 0.25) is 0 Å². The fourth-order valence-electron chi connectivity index (χ4n) is 1.72. The summed E-state index contributed by atoms with van der Waals surface area (Å²) in [6.45, 7) is 4.45. The highest BCUT2D eigenvalue weighted by Gasteiger charge is 2.13. The smallest absolute Gasteiger partial charge is 0.244 e. The predicted molar refractivity (Wildman–Crippen MR) is 74.4 cm³/mol. The molecule has 1 aromatic carbocycles. The standard InChI is InChI=1S/C13H13N5O2/c1-2-5-14-13-17-12(7-15-18-13)16-9-3-4-10-11(6-9)20-8-19-10/h2-4,6-7H,1,5,8H2,(H2,14,16,17,18). The highest BCUT2D eigenvalue weighted by Crippen LogP contribution is 2.34. The Morgan fingerprint density at radius 1 is 1.30 bits per heavy atom. The van der Waals surface area contributed by atoms with Gasteiger partial charge in [-0.1, -0.05) is 6.08 Å². The number of fused-ring (bicyclic) bond motifs is 1. The van der Waals surface area contributed by atoms with Crippen molar-refractivity contribution >= 4 is 17.5 Å². The van der Waals surface area contributed by atoms with Crippen LogP contribution in [0.5, 0.6) is 11.5 Å². The Morgan fingerprint density at radius 3 is 3.10 bits per heavy atom. The fraction of sp³-hybridized carbons (Fsp3) is 0.154. The van der Waals surface area contributed by atoms with Crippen molar-refractivity contribution in [1.29, 1.82) is 0 Å². The molecule has 2 aromatic rings. The van der Waals surface area contributed by atoms with Gasteiger partial charge >= 0.3 is 0 Å². The molecule has 7 heteroatoms. The molecule has 1 aliphatic heterocycles. The summed E-state index contributed by atoms with van der Waals surface area (Å²) in [4.78, 5) is 4.28. The molecule has 2 N–H and O–H groups in total. The first-order valence-corrected chi connectivity index (χ1v) is 6.06. The summed E-state index contributed by atoms with van der Waals surface area (Å²) in [6, 6.07) is 5.57. The van der Waals surface area contributed by atoms with E-state index in [2.05, 4.69) is 32.4 Å². The van der Waals surface area contributed by atoms with Crippen LogP contribution >= 0.6 is 0 Å². The highest BCUT2D eigenvalue weighted by molar-refractivity contribution is 5.61. The molecule has 2 heterocycles. The minimum Gasteiger partial charge on any atom is -0.454 e. The molecular weight excluding hydrogens is 258 g/mol. The maximum absolute atomic E-state index is 5.32. The summed E-state index contributed by atoms with van der Waals surface area (Å²) in [6.07, 6.45) is 3.27. The second-order valence-electron chi connectivity index (χ2n) is 4.03. The number of hydrogen-bond acceptors (Lipinski definition) is 7. The van der Waals surface area contributed by atoms with Crippen molar-refractivity contribution in [3.63, 3.8) is 0 Å². The van der Waals surface area contributed by atoms with E-state index in [0.29, 0.717) is 24.1 Å². The van der Waals surface area contributed by atoms with Gasteiger partial charge in [-0.25, -0.2) is 0 Å². The Kier molecular flexibility index (Phi) is 3.32. The third-order valence-corrected chi connectivity index (χ3v) is 2.61. The summed E-state index contributed by atoms with van der Waals surface area (Å²) >= 11 is 0. The summed E-state index contributed by atoms with van der Waals surface area (Å²) < 4.78 is 10.6. The summed E-state index contributed by atoms with van der Waals surface area (Å²) in [7, 11) is 0. The molecule has 102 valence electrons. The van der Waals surface area contributed by atoms with Crippen molar-refractivity contribution in [3.8, 4) is 11.5 Å². The van der Waals surface area contributed by atoms with Gasteiger partial charge in [-0.05, 0) is 12.1 Å². The van der Waals surface area contributed by atoms with Crippen LogP contribution in [0.1, 0.15) is 0 Å². The van der Waals surface area contributed by atoms with Crippen molar-refractivity contribution in [1.82, 2.24) is 15.2 Å². The zero-order valence-corrected chi connectivity index (χ0v) is 10.7. The van der Waals surface area contributed by atoms with Crippen LogP contribution in [0.4, 0.5) is 17.5 Å². The van der Waals surface area contributed by atoms with E-state index < -0.39 is 0 Å². The Bertz CT molecular complexity index is 632. The Labute approximate surface area is 115 Å². The van der Waals surface area contributed by atoms with Crippen molar-refractivity contribution < 1.29 is 9.47 Å². The predicted octanol–water partition coefficient (Wildman–Crippen LogP) is 1.94. The number of hydrogen-bond donors (Lipinski definition) is 2. The molecule has 7 nitrogen and oxygen atoms in total. The van der Waals surface area contributed by atoms with E-state index in [1.165, 1.54) is 0 Å². The van der Waals surface area contributed by atoms with Gasteiger partial charge in [0, 0.05) is 18.3 Å². The molecule has 0 amide bonds. The maximum atomic E-state index is 5.32. The molecule has 0 atom stereocenters. The van der Waals surface area contributed by atoms with Gasteiger partial charge in [0.1, 0.15) is 0 Å². The summed E-state index contributed by atoms with van der Waals surface area (Å²) in [5.41, 5.74) is 0.837. The number of anilines is 3. The summed E-state index contributed by atoms with van der Waals surface area (Å²) in [5.74, 6) is 2.48. The van der Waals surface area contributed by atoms with E-state index in [-0.39, 0.29) is 6.79 Å². The topological polar surface area (TPSA) is 81.2 Å². The van der Waals surface area contributed by atoms with Gasteiger partial charge in [0.05, 0.1) is 6.20 Å². The van der Waals surface area contributed by atoms with Gasteiger partial charge in [-0.15, -0.1) is 11.7 Å². The second kappa shape index (κ2) is 5.43. The van der Waals surface area contributed by atoms with E-state index in [0.717, 1.165) is 11.4 Å². The average Bonchev–Trinajstić information content (AvgIpc) is 2.93. The van der Waals surface area contributed by atoms with Gasteiger partial charge in [-0.2, -0.15) is 10.1 Å². The molecule has 1 aliphatic rings. The van der Waals surface area contributed by atoms with Gasteiger partial charge < -0.3 is 20.1 Å². The van der Waals surface area contributed by atoms with Crippen molar-refractivity contribution in [2.45, 2.75) is 0 Å².